The number of rotatable bonds is 5. The molecule has 7 nitrogen and oxygen atoms in total. The van der Waals surface area contributed by atoms with Gasteiger partial charge in [-0.1, -0.05) is 6.42 Å². The van der Waals surface area contributed by atoms with Crippen molar-refractivity contribution in [3.8, 4) is 0 Å². The summed E-state index contributed by atoms with van der Waals surface area (Å²) in [5.74, 6) is -1.03. The topological polar surface area (TPSA) is 132 Å². The van der Waals surface area contributed by atoms with E-state index in [9.17, 15) is 18.0 Å². The number of fused-ring (bicyclic) bond motifs is 2. The number of carbonyl (C=O) groups is 2. The molecule has 0 aliphatic heterocycles. The number of nitrogens with one attached hydrogen (secondary N) is 1. The first-order chi connectivity index (χ1) is 12.3. The van der Waals surface area contributed by atoms with Gasteiger partial charge in [0.15, 0.2) is 9.84 Å². The summed E-state index contributed by atoms with van der Waals surface area (Å²) in [5, 5.41) is 3.13. The molecule has 2 aliphatic carbocycles. The van der Waals surface area contributed by atoms with Crippen LogP contribution in [0.2, 0.25) is 0 Å². The van der Waals surface area contributed by atoms with Crippen molar-refractivity contribution in [2.24, 2.45) is 23.3 Å². The predicted octanol–water partition coefficient (Wildman–Crippen LogP) is 0.581. The highest BCUT2D eigenvalue weighted by Crippen LogP contribution is 2.39. The third-order valence-corrected chi connectivity index (χ3v) is 7.14. The molecule has 0 radical (unpaired) electrons. The Morgan fingerprint density at radius 3 is 2.19 bits per heavy atom. The minimum Gasteiger partial charge on any atom is -0.369 e. The summed E-state index contributed by atoms with van der Waals surface area (Å²) in [6.07, 6.45) is 5.22. The lowest BCUT2D eigenvalue weighted by molar-refractivity contribution is -0.115. The molecule has 2 bridgehead atoms. The molecule has 0 saturated heterocycles. The summed E-state index contributed by atoms with van der Waals surface area (Å²) < 4.78 is 24.0. The van der Waals surface area contributed by atoms with Crippen LogP contribution in [0.4, 0.5) is 0 Å². The molecule has 8 heteroatoms. The monoisotopic (exact) mass is 379 g/mol. The van der Waals surface area contributed by atoms with E-state index >= 15 is 0 Å². The fraction of sp³-hybridized carbons (Fsp3) is 0.556. The molecule has 0 heterocycles. The Bertz CT molecular complexity index is 777. The summed E-state index contributed by atoms with van der Waals surface area (Å²) in [7, 11) is -3.77. The lowest BCUT2D eigenvalue weighted by Gasteiger charge is -2.45. The number of nitrogens with two attached hydrogens (primary N) is 2. The van der Waals surface area contributed by atoms with Crippen molar-refractivity contribution in [3.05, 3.63) is 29.8 Å². The molecule has 5 N–H and O–H groups in total. The van der Waals surface area contributed by atoms with E-state index in [-0.39, 0.29) is 22.9 Å². The highest BCUT2D eigenvalue weighted by Gasteiger charge is 2.39. The fourth-order valence-electron chi connectivity index (χ4n) is 4.34. The van der Waals surface area contributed by atoms with Crippen LogP contribution in [0.5, 0.6) is 0 Å². The molecule has 2 aliphatic rings. The van der Waals surface area contributed by atoms with Crippen molar-refractivity contribution in [1.82, 2.24) is 5.32 Å². The molecule has 2 saturated carbocycles. The second kappa shape index (κ2) is 7.36. The van der Waals surface area contributed by atoms with Gasteiger partial charge in [0, 0.05) is 17.6 Å². The van der Waals surface area contributed by atoms with E-state index in [1.54, 1.807) is 0 Å². The van der Waals surface area contributed by atoms with Gasteiger partial charge >= 0.3 is 0 Å². The third-order valence-electron chi connectivity index (χ3n) is 5.48. The van der Waals surface area contributed by atoms with E-state index < -0.39 is 21.5 Å². The Hall–Kier alpha value is -1.93. The number of hydrogen-bond acceptors (Lipinski definition) is 5. The molecular weight excluding hydrogens is 354 g/mol. The Balaban J connectivity index is 1.70. The van der Waals surface area contributed by atoms with E-state index in [0.29, 0.717) is 17.4 Å². The maximum Gasteiger partial charge on any atom is 0.251 e. The van der Waals surface area contributed by atoms with Crippen LogP contribution in [-0.2, 0) is 14.6 Å². The number of sulfone groups is 1. The summed E-state index contributed by atoms with van der Waals surface area (Å²) in [6, 6.07) is 5.96. The average molecular weight is 379 g/mol. The lowest BCUT2D eigenvalue weighted by atomic mass is 9.67. The molecule has 0 aromatic heterocycles. The zero-order valence-corrected chi connectivity index (χ0v) is 15.4. The molecule has 3 rings (SSSR count). The van der Waals surface area contributed by atoms with Crippen LogP contribution in [0, 0.1) is 11.8 Å². The SMILES string of the molecule is NC(=O)CS(=O)(=O)c1ccc(C(=O)NC2C3CCCC2CC(N)C3)cc1. The number of primary amides is 1. The normalized spacial score (nSPS) is 28.3. The lowest BCUT2D eigenvalue weighted by Crippen LogP contribution is -2.53. The minimum absolute atomic E-state index is 0.0200. The second-order valence-corrected chi connectivity index (χ2v) is 9.42. The number of hydrogen-bond donors (Lipinski definition) is 3. The van der Waals surface area contributed by atoms with Gasteiger partial charge in [-0.15, -0.1) is 0 Å². The summed E-state index contributed by atoms with van der Waals surface area (Å²) in [6.45, 7) is 0. The molecule has 2 atom stereocenters. The highest BCUT2D eigenvalue weighted by atomic mass is 32.2. The first-order valence-corrected chi connectivity index (χ1v) is 10.6. The van der Waals surface area contributed by atoms with E-state index in [2.05, 4.69) is 5.32 Å². The summed E-state index contributed by atoms with van der Waals surface area (Å²) in [5.41, 5.74) is 11.5. The predicted molar refractivity (Wildman–Crippen MR) is 97.0 cm³/mol. The molecule has 2 amide bonds. The maximum absolute atomic E-state index is 12.6. The second-order valence-electron chi connectivity index (χ2n) is 7.43. The van der Waals surface area contributed by atoms with E-state index in [4.69, 9.17) is 11.5 Å². The van der Waals surface area contributed by atoms with Gasteiger partial charge in [0.1, 0.15) is 5.75 Å². The Morgan fingerprint density at radius 2 is 1.65 bits per heavy atom. The third kappa shape index (κ3) is 4.07. The van der Waals surface area contributed by atoms with Crippen molar-refractivity contribution in [1.29, 1.82) is 0 Å². The molecule has 2 fully saturated rings. The van der Waals surface area contributed by atoms with Gasteiger partial charge in [0.25, 0.3) is 5.91 Å². The molecule has 1 aromatic carbocycles. The van der Waals surface area contributed by atoms with Crippen molar-refractivity contribution in [2.75, 3.05) is 5.75 Å². The van der Waals surface area contributed by atoms with Crippen LogP contribution in [0.25, 0.3) is 0 Å². The van der Waals surface area contributed by atoms with Crippen molar-refractivity contribution >= 4 is 21.7 Å². The van der Waals surface area contributed by atoms with Gasteiger partial charge in [0.05, 0.1) is 4.90 Å². The summed E-state index contributed by atoms with van der Waals surface area (Å²) in [4.78, 5) is 23.5. The van der Waals surface area contributed by atoms with Crippen LogP contribution in [0.3, 0.4) is 0 Å². The van der Waals surface area contributed by atoms with Gasteiger partial charge in [-0.2, -0.15) is 0 Å². The minimum atomic E-state index is -3.77. The largest absolute Gasteiger partial charge is 0.369 e. The van der Waals surface area contributed by atoms with Crippen LogP contribution in [-0.4, -0.2) is 38.1 Å². The summed E-state index contributed by atoms with van der Waals surface area (Å²) >= 11 is 0. The molecule has 2 unspecified atom stereocenters. The molecule has 26 heavy (non-hydrogen) atoms. The first-order valence-electron chi connectivity index (χ1n) is 8.94. The standard InChI is InChI=1S/C18H25N3O4S/c19-14-8-12-2-1-3-13(9-14)17(12)21-18(23)11-4-6-15(7-5-11)26(24,25)10-16(20)22/h4-7,12-14,17H,1-3,8-10,19H2,(H2,20,22)(H,21,23). The van der Waals surface area contributed by atoms with Crippen LogP contribution in [0.1, 0.15) is 42.5 Å². The Morgan fingerprint density at radius 1 is 1.08 bits per heavy atom. The highest BCUT2D eigenvalue weighted by molar-refractivity contribution is 7.92. The average Bonchev–Trinajstić information content (AvgIpc) is 2.54. The van der Waals surface area contributed by atoms with E-state index in [1.807, 2.05) is 0 Å². The van der Waals surface area contributed by atoms with Crippen LogP contribution < -0.4 is 16.8 Å². The van der Waals surface area contributed by atoms with Gasteiger partial charge in [-0.3, -0.25) is 9.59 Å². The van der Waals surface area contributed by atoms with Crippen molar-refractivity contribution < 1.29 is 18.0 Å². The van der Waals surface area contributed by atoms with Gasteiger partial charge in [-0.05, 0) is 61.8 Å². The van der Waals surface area contributed by atoms with Gasteiger partial charge in [0.2, 0.25) is 5.91 Å². The number of benzene rings is 1. The first kappa shape index (κ1) is 18.8. The fourth-order valence-corrected chi connectivity index (χ4v) is 5.44. The molecular formula is C18H25N3O4S. The zero-order valence-electron chi connectivity index (χ0n) is 14.6. The smallest absolute Gasteiger partial charge is 0.251 e. The van der Waals surface area contributed by atoms with Gasteiger partial charge < -0.3 is 16.8 Å². The van der Waals surface area contributed by atoms with Crippen LogP contribution in [0.15, 0.2) is 29.2 Å². The Labute approximate surface area is 153 Å². The number of carbonyl (C=O) groups excluding carboxylic acids is 2. The van der Waals surface area contributed by atoms with E-state index in [1.165, 1.54) is 30.7 Å². The molecule has 0 spiro atoms. The quantitative estimate of drug-likeness (QED) is 0.688. The zero-order chi connectivity index (χ0) is 18.9. The van der Waals surface area contributed by atoms with Gasteiger partial charge in [-0.25, -0.2) is 8.42 Å². The maximum atomic E-state index is 12.6. The van der Waals surface area contributed by atoms with Crippen molar-refractivity contribution in [2.45, 2.75) is 49.1 Å². The van der Waals surface area contributed by atoms with Crippen molar-refractivity contribution in [3.63, 3.8) is 0 Å². The number of amides is 2. The Kier molecular flexibility index (Phi) is 5.34. The van der Waals surface area contributed by atoms with Crippen LogP contribution >= 0.6 is 0 Å². The van der Waals surface area contributed by atoms with E-state index in [0.717, 1.165) is 25.7 Å². The molecule has 142 valence electrons. The molecule has 1 aromatic rings.